The van der Waals surface area contributed by atoms with Crippen molar-refractivity contribution in [2.75, 3.05) is 55.2 Å². The lowest BCUT2D eigenvalue weighted by atomic mass is 10.0. The standard InChI is InChI=1S/C27H29ClN6O2.C22H26ClN5O2.C22H21FN6/c1-27(2,3)36-26(35)34-11-9-21-23(16-34)32-24(18-12-19(28)15-29-13-18)33-25(21)30-10-8-17-14-31-22-7-5-4-6-20(17)22;1-22(2,3)30-21(29)28-11-9-16-18(13-28)26-20(23)27-19(16)24-10-8-14-12-25-17-7-5-4-6-15(14)17;23-16-9-15(10-25-12-16)21-28-20-13-24-7-6-18(20)22(29-21)26-8-5-14-11-27-19-4-2-1-3-17(14)19/h4-7,12-15,31H,8-11,16H2,1-3H3,(H,30,32,33);4-7,12,25H,8-11,13H2,1-3H3,(H,24,26,27);1-4,9-12,24,27H,5-8,13H2,(H,26,28,29). The number of nitrogens with one attached hydrogen (secondary N) is 7. The number of carbonyl (C=O) groups is 2. The van der Waals surface area contributed by atoms with Gasteiger partial charge in [-0.3, -0.25) is 9.97 Å². The van der Waals surface area contributed by atoms with E-state index in [1.54, 1.807) is 34.5 Å². The number of anilines is 3. The number of ether oxygens (including phenoxy) is 2. The largest absolute Gasteiger partial charge is 0.444 e. The minimum Gasteiger partial charge on any atom is -0.444 e. The molecule has 0 unspecified atom stereocenters. The zero-order chi connectivity index (χ0) is 66.2. The van der Waals surface area contributed by atoms with E-state index in [9.17, 15) is 14.0 Å². The van der Waals surface area contributed by atoms with Crippen molar-refractivity contribution in [3.05, 3.63) is 195 Å². The van der Waals surface area contributed by atoms with Crippen LogP contribution in [-0.2, 0) is 67.6 Å². The van der Waals surface area contributed by atoms with Gasteiger partial charge < -0.3 is 55.5 Å². The van der Waals surface area contributed by atoms with E-state index in [2.05, 4.69) is 122 Å². The lowest BCUT2D eigenvalue weighted by Gasteiger charge is -2.31. The maximum absolute atomic E-state index is 13.6. The molecule has 8 aromatic heterocycles. The summed E-state index contributed by atoms with van der Waals surface area (Å²) in [6.45, 7) is 16.7. The van der Waals surface area contributed by atoms with Crippen molar-refractivity contribution in [2.45, 2.75) is 111 Å². The smallest absolute Gasteiger partial charge is 0.410 e. The van der Waals surface area contributed by atoms with Gasteiger partial charge in [-0.15, -0.1) is 0 Å². The van der Waals surface area contributed by atoms with E-state index in [1.807, 2.05) is 72.0 Å². The molecule has 11 heterocycles. The Morgan fingerprint density at radius 3 is 1.44 bits per heavy atom. The first-order valence-electron chi connectivity index (χ1n) is 31.9. The van der Waals surface area contributed by atoms with E-state index < -0.39 is 17.0 Å². The zero-order valence-electron chi connectivity index (χ0n) is 54.0. The van der Waals surface area contributed by atoms with Crippen LogP contribution in [0.25, 0.3) is 55.5 Å². The van der Waals surface area contributed by atoms with Gasteiger partial charge in [0.05, 0.1) is 41.4 Å². The van der Waals surface area contributed by atoms with Crippen LogP contribution in [0, 0.1) is 5.82 Å². The number of H-pyrrole nitrogens is 3. The first-order chi connectivity index (χ1) is 45.8. The molecule has 490 valence electrons. The highest BCUT2D eigenvalue weighted by atomic mass is 35.5. The predicted octanol–water partition coefficient (Wildman–Crippen LogP) is 13.6. The predicted molar refractivity (Wildman–Crippen MR) is 370 cm³/mol. The molecule has 0 aliphatic carbocycles. The van der Waals surface area contributed by atoms with Gasteiger partial charge in [0.1, 0.15) is 34.5 Å². The topological polar surface area (TPSA) is 258 Å². The van der Waals surface area contributed by atoms with Gasteiger partial charge in [0.25, 0.3) is 0 Å². The summed E-state index contributed by atoms with van der Waals surface area (Å²) in [7, 11) is 0. The average molecular weight is 1320 g/mol. The highest BCUT2D eigenvalue weighted by Gasteiger charge is 2.31. The second-order valence-electron chi connectivity index (χ2n) is 25.5. The van der Waals surface area contributed by atoms with E-state index in [4.69, 9.17) is 47.6 Å². The van der Waals surface area contributed by atoms with Crippen LogP contribution in [-0.4, -0.2) is 127 Å². The Kier molecular flexibility index (Phi) is 19.8. The Labute approximate surface area is 559 Å². The van der Waals surface area contributed by atoms with Crippen LogP contribution >= 0.6 is 23.2 Å². The van der Waals surface area contributed by atoms with E-state index in [-0.39, 0.29) is 17.5 Å². The molecule has 0 bridgehead atoms. The highest BCUT2D eigenvalue weighted by molar-refractivity contribution is 6.30. The third-order valence-corrected chi connectivity index (χ3v) is 16.7. The molecule has 24 heteroatoms. The molecule has 0 fully saturated rings. The van der Waals surface area contributed by atoms with Crippen molar-refractivity contribution in [3.63, 3.8) is 0 Å². The van der Waals surface area contributed by atoms with Crippen LogP contribution in [0.2, 0.25) is 10.3 Å². The number of halogens is 3. The summed E-state index contributed by atoms with van der Waals surface area (Å²) in [4.78, 5) is 74.4. The molecule has 14 rings (SSSR count). The van der Waals surface area contributed by atoms with Gasteiger partial charge in [-0.2, -0.15) is 0 Å². The number of rotatable bonds is 14. The van der Waals surface area contributed by atoms with Crippen LogP contribution < -0.4 is 21.3 Å². The van der Waals surface area contributed by atoms with Crippen molar-refractivity contribution >= 4 is 85.6 Å². The lowest BCUT2D eigenvalue weighted by molar-refractivity contribution is 0.0211. The normalized spacial score (nSPS) is 13.6. The number of fused-ring (bicyclic) bond motifs is 6. The van der Waals surface area contributed by atoms with E-state index >= 15 is 0 Å². The number of aromatic amines is 3. The third kappa shape index (κ3) is 16.2. The van der Waals surface area contributed by atoms with Gasteiger partial charge in [0, 0.05) is 137 Å². The molecule has 7 N–H and O–H groups in total. The van der Waals surface area contributed by atoms with Gasteiger partial charge >= 0.3 is 12.2 Å². The molecule has 95 heavy (non-hydrogen) atoms. The van der Waals surface area contributed by atoms with Crippen LogP contribution in [0.1, 0.15) is 92.0 Å². The van der Waals surface area contributed by atoms with Crippen LogP contribution in [0.4, 0.5) is 31.4 Å². The molecule has 3 aliphatic heterocycles. The summed E-state index contributed by atoms with van der Waals surface area (Å²) >= 11 is 12.4. The Morgan fingerprint density at radius 1 is 0.537 bits per heavy atom. The van der Waals surface area contributed by atoms with Gasteiger partial charge in [0.15, 0.2) is 11.6 Å². The minimum atomic E-state index is -0.560. The summed E-state index contributed by atoms with van der Waals surface area (Å²) in [5.41, 5.74) is 13.1. The molecule has 0 spiro atoms. The van der Waals surface area contributed by atoms with E-state index in [1.165, 1.54) is 45.1 Å². The number of pyridine rings is 2. The van der Waals surface area contributed by atoms with E-state index in [0.29, 0.717) is 74.3 Å². The van der Waals surface area contributed by atoms with E-state index in [0.717, 1.165) is 119 Å². The zero-order valence-corrected chi connectivity index (χ0v) is 55.5. The molecule has 3 aromatic carbocycles. The molecule has 11 aromatic rings. The maximum atomic E-state index is 13.6. The number of carbonyl (C=O) groups excluding carboxylic acids is 2. The van der Waals surface area contributed by atoms with Crippen molar-refractivity contribution < 1.29 is 23.5 Å². The summed E-state index contributed by atoms with van der Waals surface area (Å²) in [6.07, 6.45) is 16.3. The van der Waals surface area contributed by atoms with Crippen molar-refractivity contribution in [2.24, 2.45) is 0 Å². The third-order valence-electron chi connectivity index (χ3n) is 16.4. The monoisotopic (exact) mass is 1320 g/mol. The highest BCUT2D eigenvalue weighted by Crippen LogP contribution is 2.32. The summed E-state index contributed by atoms with van der Waals surface area (Å²) in [5.74, 6) is 2.97. The fourth-order valence-electron chi connectivity index (χ4n) is 11.9. The number of hydrogen-bond acceptors (Lipinski definition) is 16. The SMILES string of the molecule is CC(C)(C)OC(=O)N1CCc2c(nc(-c3cncc(Cl)c3)nc2NCCc2c[nH]c3ccccc23)C1.CC(C)(C)OC(=O)N1CCc2c(nc(Cl)nc2NCCc2c[nH]c3ccccc23)C1.Fc1cncc(-c2nc3c(c(NCCc4c[nH]c5ccccc45)n2)CCNC3)c1. The molecular formula is C71H76Cl2FN17O4. The molecule has 0 radical (unpaired) electrons. The summed E-state index contributed by atoms with van der Waals surface area (Å²) in [5, 5.41) is 18.2. The Balaban J connectivity index is 0.000000137. The molecular weight excluding hydrogens is 1240 g/mol. The average Bonchev–Trinajstić information content (AvgIpc) is 1.79. The van der Waals surface area contributed by atoms with Crippen molar-refractivity contribution in [1.82, 2.24) is 69.9 Å². The van der Waals surface area contributed by atoms with Crippen molar-refractivity contribution in [1.29, 1.82) is 0 Å². The second kappa shape index (κ2) is 28.8. The fourth-order valence-corrected chi connectivity index (χ4v) is 12.2. The van der Waals surface area contributed by atoms with Gasteiger partial charge in [-0.05, 0) is 145 Å². The molecule has 0 saturated heterocycles. The molecule has 0 atom stereocenters. The summed E-state index contributed by atoms with van der Waals surface area (Å²) in [6, 6.07) is 28.1. The van der Waals surface area contributed by atoms with Crippen LogP contribution in [0.15, 0.2) is 128 Å². The molecule has 0 saturated carbocycles. The summed E-state index contributed by atoms with van der Waals surface area (Å²) < 4.78 is 24.7. The van der Waals surface area contributed by atoms with Gasteiger partial charge in [-0.25, -0.2) is 43.9 Å². The number of aromatic nitrogens is 11. The first kappa shape index (κ1) is 65.3. The number of para-hydroxylation sites is 3. The van der Waals surface area contributed by atoms with Crippen LogP contribution in [0.5, 0.6) is 0 Å². The Bertz CT molecular complexity index is 4560. The van der Waals surface area contributed by atoms with Gasteiger partial charge in [-0.1, -0.05) is 66.2 Å². The molecule has 2 amide bonds. The molecule has 21 nitrogen and oxygen atoms in total. The Hall–Kier alpha value is -9.77. The number of amides is 2. The lowest BCUT2D eigenvalue weighted by Crippen LogP contribution is -2.40. The number of nitrogens with zero attached hydrogens (tertiary/aromatic N) is 10. The number of hydrogen-bond donors (Lipinski definition) is 7. The van der Waals surface area contributed by atoms with Crippen molar-refractivity contribution in [3.8, 4) is 22.8 Å². The van der Waals surface area contributed by atoms with Gasteiger partial charge in [0.2, 0.25) is 5.28 Å². The second-order valence-corrected chi connectivity index (χ2v) is 26.3. The minimum absolute atomic E-state index is 0.175. The number of benzene rings is 3. The fraction of sp³-hybridized carbons (Fsp3) is 0.324. The molecule has 3 aliphatic rings. The first-order valence-corrected chi connectivity index (χ1v) is 32.7. The Morgan fingerprint density at radius 2 is 0.968 bits per heavy atom. The van der Waals surface area contributed by atoms with Crippen LogP contribution in [0.3, 0.4) is 0 Å². The maximum Gasteiger partial charge on any atom is 0.410 e. The quantitative estimate of drug-likeness (QED) is 0.0499.